The van der Waals surface area contributed by atoms with Crippen molar-refractivity contribution >= 4 is 17.6 Å². The third-order valence-corrected chi connectivity index (χ3v) is 4.23. The maximum absolute atomic E-state index is 12.2. The first-order chi connectivity index (χ1) is 9.54. The average molecular weight is 295 g/mol. The summed E-state index contributed by atoms with van der Waals surface area (Å²) in [5, 5.41) is 3.83. The van der Waals surface area contributed by atoms with E-state index in [0.29, 0.717) is 17.6 Å². The summed E-state index contributed by atoms with van der Waals surface area (Å²) in [7, 11) is 1.82. The molecule has 20 heavy (non-hydrogen) atoms. The summed E-state index contributed by atoms with van der Waals surface area (Å²) < 4.78 is 0. The Morgan fingerprint density at radius 1 is 1.35 bits per heavy atom. The molecule has 1 aliphatic rings. The first-order valence-electron chi connectivity index (χ1n) is 7.30. The van der Waals surface area contributed by atoms with Gasteiger partial charge in [-0.1, -0.05) is 30.7 Å². The third-order valence-electron chi connectivity index (χ3n) is 4.00. The number of halogens is 1. The predicted octanol–water partition coefficient (Wildman–Crippen LogP) is 4.06. The van der Waals surface area contributed by atoms with E-state index in [4.69, 9.17) is 11.6 Å². The van der Waals surface area contributed by atoms with Gasteiger partial charge >= 0.3 is 6.03 Å². The maximum Gasteiger partial charge on any atom is 0.317 e. The summed E-state index contributed by atoms with van der Waals surface area (Å²) in [5.74, 6) is 0.798. The number of hydrogen-bond acceptors (Lipinski definition) is 1. The van der Waals surface area contributed by atoms with E-state index in [1.807, 2.05) is 31.3 Å². The van der Waals surface area contributed by atoms with Crippen LogP contribution in [0.3, 0.4) is 0 Å². The van der Waals surface area contributed by atoms with Gasteiger partial charge in [0.05, 0.1) is 0 Å². The first-order valence-corrected chi connectivity index (χ1v) is 7.68. The number of carbonyl (C=O) groups is 1. The largest absolute Gasteiger partial charge is 0.335 e. The topological polar surface area (TPSA) is 32.3 Å². The molecule has 2 amide bonds. The lowest BCUT2D eigenvalue weighted by atomic mass is 9.87. The summed E-state index contributed by atoms with van der Waals surface area (Å²) in [6.45, 7) is 2.86. The molecule has 0 aliphatic heterocycles. The number of carbonyl (C=O) groups excluding carboxylic acids is 1. The number of urea groups is 1. The Kier molecular flexibility index (Phi) is 5.30. The lowest BCUT2D eigenvalue weighted by Gasteiger charge is -2.29. The molecular formula is C16H23ClN2O. The van der Waals surface area contributed by atoms with Gasteiger partial charge in [-0.3, -0.25) is 0 Å². The number of rotatable bonds is 3. The van der Waals surface area contributed by atoms with Crippen LogP contribution in [0.5, 0.6) is 0 Å². The van der Waals surface area contributed by atoms with Crippen molar-refractivity contribution < 1.29 is 4.79 Å². The average Bonchev–Trinajstić information content (AvgIpc) is 2.41. The minimum absolute atomic E-state index is 0.00419. The SMILES string of the molecule is CC1CCC(NC(=O)N(C)Cc2cccc(Cl)c2)CC1. The van der Waals surface area contributed by atoms with E-state index in [1.54, 1.807) is 4.90 Å². The van der Waals surface area contributed by atoms with Gasteiger partial charge in [0.25, 0.3) is 0 Å². The van der Waals surface area contributed by atoms with Crippen molar-refractivity contribution in [3.8, 4) is 0 Å². The molecule has 2 rings (SSSR count). The second-order valence-electron chi connectivity index (χ2n) is 5.89. The van der Waals surface area contributed by atoms with Crippen LogP contribution in [0.1, 0.15) is 38.2 Å². The van der Waals surface area contributed by atoms with Gasteiger partial charge in [-0.25, -0.2) is 4.79 Å². The highest BCUT2D eigenvalue weighted by Crippen LogP contribution is 2.23. The Bertz CT molecular complexity index is 456. The molecule has 3 nitrogen and oxygen atoms in total. The fourth-order valence-corrected chi connectivity index (χ4v) is 2.88. The van der Waals surface area contributed by atoms with Crippen LogP contribution in [0.2, 0.25) is 5.02 Å². The zero-order chi connectivity index (χ0) is 14.5. The lowest BCUT2D eigenvalue weighted by Crippen LogP contribution is -2.44. The van der Waals surface area contributed by atoms with Crippen LogP contribution < -0.4 is 5.32 Å². The Labute approximate surface area is 126 Å². The fourth-order valence-electron chi connectivity index (χ4n) is 2.67. The molecule has 1 saturated carbocycles. The van der Waals surface area contributed by atoms with Crippen LogP contribution in [-0.2, 0) is 6.54 Å². The predicted molar refractivity (Wildman–Crippen MR) is 82.9 cm³/mol. The third kappa shape index (κ3) is 4.41. The van der Waals surface area contributed by atoms with Crippen molar-refractivity contribution in [3.63, 3.8) is 0 Å². The Morgan fingerprint density at radius 2 is 2.05 bits per heavy atom. The zero-order valence-electron chi connectivity index (χ0n) is 12.2. The van der Waals surface area contributed by atoms with Crippen LogP contribution in [0.15, 0.2) is 24.3 Å². The number of nitrogens with one attached hydrogen (secondary N) is 1. The highest BCUT2D eigenvalue weighted by Gasteiger charge is 2.21. The zero-order valence-corrected chi connectivity index (χ0v) is 13.0. The summed E-state index contributed by atoms with van der Waals surface area (Å²) in [5.41, 5.74) is 1.05. The van der Waals surface area contributed by atoms with E-state index >= 15 is 0 Å². The molecule has 0 unspecified atom stereocenters. The molecule has 0 spiro atoms. The standard InChI is InChI=1S/C16H23ClN2O/c1-12-6-8-15(9-7-12)18-16(20)19(2)11-13-4-3-5-14(17)10-13/h3-5,10,12,15H,6-9,11H2,1-2H3,(H,18,20). The molecule has 0 heterocycles. The van der Waals surface area contributed by atoms with Crippen LogP contribution in [0, 0.1) is 5.92 Å². The molecule has 1 aromatic carbocycles. The molecule has 0 atom stereocenters. The van der Waals surface area contributed by atoms with Gasteiger partial charge in [-0.05, 0) is 49.3 Å². The Morgan fingerprint density at radius 3 is 2.70 bits per heavy atom. The maximum atomic E-state index is 12.2. The van der Waals surface area contributed by atoms with Crippen LogP contribution in [-0.4, -0.2) is 24.0 Å². The van der Waals surface area contributed by atoms with Gasteiger partial charge in [0.2, 0.25) is 0 Å². The van der Waals surface area contributed by atoms with Gasteiger partial charge in [-0.2, -0.15) is 0 Å². The van der Waals surface area contributed by atoms with E-state index in [1.165, 1.54) is 12.8 Å². The summed E-state index contributed by atoms with van der Waals surface area (Å²) in [6, 6.07) is 7.97. The highest BCUT2D eigenvalue weighted by molar-refractivity contribution is 6.30. The van der Waals surface area contributed by atoms with Crippen molar-refractivity contribution in [3.05, 3.63) is 34.9 Å². The van der Waals surface area contributed by atoms with Crippen LogP contribution >= 0.6 is 11.6 Å². The molecule has 0 saturated heterocycles. The Balaban J connectivity index is 1.83. The molecule has 0 aromatic heterocycles. The first kappa shape index (κ1) is 15.2. The van der Waals surface area contributed by atoms with Crippen molar-refractivity contribution in [1.29, 1.82) is 0 Å². The van der Waals surface area contributed by atoms with Crippen molar-refractivity contribution in [2.45, 2.75) is 45.2 Å². The van der Waals surface area contributed by atoms with Gasteiger partial charge < -0.3 is 10.2 Å². The van der Waals surface area contributed by atoms with Gasteiger partial charge in [0.15, 0.2) is 0 Å². The van der Waals surface area contributed by atoms with E-state index in [2.05, 4.69) is 12.2 Å². The number of amides is 2. The molecular weight excluding hydrogens is 272 g/mol. The summed E-state index contributed by atoms with van der Waals surface area (Å²) in [6.07, 6.45) is 4.61. The fraction of sp³-hybridized carbons (Fsp3) is 0.562. The number of benzene rings is 1. The molecule has 0 bridgehead atoms. The Hall–Kier alpha value is -1.22. The molecule has 1 N–H and O–H groups in total. The number of hydrogen-bond donors (Lipinski definition) is 1. The van der Waals surface area contributed by atoms with Crippen LogP contribution in [0.25, 0.3) is 0 Å². The lowest BCUT2D eigenvalue weighted by molar-refractivity contribution is 0.195. The second kappa shape index (κ2) is 6.98. The molecule has 4 heteroatoms. The molecule has 1 fully saturated rings. The van der Waals surface area contributed by atoms with Crippen molar-refractivity contribution in [2.24, 2.45) is 5.92 Å². The molecule has 110 valence electrons. The van der Waals surface area contributed by atoms with Gasteiger partial charge in [-0.15, -0.1) is 0 Å². The molecule has 1 aromatic rings. The van der Waals surface area contributed by atoms with Crippen LogP contribution in [0.4, 0.5) is 4.79 Å². The van der Waals surface area contributed by atoms with Gasteiger partial charge in [0.1, 0.15) is 0 Å². The minimum atomic E-state index is 0.00419. The molecule has 0 radical (unpaired) electrons. The highest BCUT2D eigenvalue weighted by atomic mass is 35.5. The molecule has 1 aliphatic carbocycles. The monoisotopic (exact) mass is 294 g/mol. The van der Waals surface area contributed by atoms with E-state index in [-0.39, 0.29) is 6.03 Å². The summed E-state index contributed by atoms with van der Waals surface area (Å²) in [4.78, 5) is 13.9. The van der Waals surface area contributed by atoms with Crippen molar-refractivity contribution in [2.75, 3.05) is 7.05 Å². The van der Waals surface area contributed by atoms with E-state index in [0.717, 1.165) is 24.3 Å². The van der Waals surface area contributed by atoms with Gasteiger partial charge in [0, 0.05) is 24.7 Å². The van der Waals surface area contributed by atoms with E-state index < -0.39 is 0 Å². The smallest absolute Gasteiger partial charge is 0.317 e. The second-order valence-corrected chi connectivity index (χ2v) is 6.33. The summed E-state index contributed by atoms with van der Waals surface area (Å²) >= 11 is 5.96. The minimum Gasteiger partial charge on any atom is -0.335 e. The quantitative estimate of drug-likeness (QED) is 0.896. The van der Waals surface area contributed by atoms with E-state index in [9.17, 15) is 4.79 Å². The van der Waals surface area contributed by atoms with Crippen molar-refractivity contribution in [1.82, 2.24) is 10.2 Å². The normalized spacial score (nSPS) is 22.4. The number of nitrogens with zero attached hydrogens (tertiary/aromatic N) is 1.